The molecule has 1 aromatic rings. The van der Waals surface area contributed by atoms with Crippen molar-refractivity contribution in [3.8, 4) is 0 Å². The Morgan fingerprint density at radius 1 is 1.53 bits per heavy atom. The molecule has 0 aliphatic carbocycles. The smallest absolute Gasteiger partial charge is 0.271 e. The van der Waals surface area contributed by atoms with Crippen molar-refractivity contribution in [2.45, 2.75) is 39.2 Å². The zero-order chi connectivity index (χ0) is 12.8. The number of carbonyl (C=O) groups is 1. The lowest BCUT2D eigenvalue weighted by atomic mass is 10.1. The molecule has 1 rings (SSSR count). The molecular weight excluding hydrogens is 220 g/mol. The van der Waals surface area contributed by atoms with E-state index in [0.29, 0.717) is 6.61 Å². The van der Waals surface area contributed by atoms with Crippen LogP contribution in [0.4, 0.5) is 0 Å². The maximum Gasteiger partial charge on any atom is 0.271 e. The first kappa shape index (κ1) is 13.6. The summed E-state index contributed by atoms with van der Waals surface area (Å²) in [4.78, 5) is 11.3. The third-order valence-electron chi connectivity index (χ3n) is 2.69. The van der Waals surface area contributed by atoms with Crippen LogP contribution in [0.5, 0.6) is 0 Å². The molecule has 17 heavy (non-hydrogen) atoms. The van der Waals surface area contributed by atoms with Gasteiger partial charge in [0.25, 0.3) is 5.91 Å². The van der Waals surface area contributed by atoms with Gasteiger partial charge in [0.2, 0.25) is 0 Å². The molecule has 1 atom stereocenters. The first-order chi connectivity index (χ1) is 8.15. The number of aromatic nitrogens is 3. The van der Waals surface area contributed by atoms with Crippen LogP contribution in [0.2, 0.25) is 0 Å². The highest BCUT2D eigenvalue weighted by atomic mass is 16.5. The number of rotatable bonds is 7. The lowest BCUT2D eigenvalue weighted by Gasteiger charge is -2.16. The van der Waals surface area contributed by atoms with E-state index < -0.39 is 5.91 Å². The summed E-state index contributed by atoms with van der Waals surface area (Å²) in [6, 6.07) is 0.0992. The molecule has 0 radical (unpaired) electrons. The van der Waals surface area contributed by atoms with Gasteiger partial charge in [0.1, 0.15) is 0 Å². The van der Waals surface area contributed by atoms with Gasteiger partial charge in [-0.2, -0.15) is 0 Å². The van der Waals surface area contributed by atoms with Gasteiger partial charge in [-0.1, -0.05) is 25.5 Å². The molecule has 0 saturated carbocycles. The van der Waals surface area contributed by atoms with E-state index in [4.69, 9.17) is 10.5 Å². The fraction of sp³-hybridized carbons (Fsp3) is 0.727. The summed E-state index contributed by atoms with van der Waals surface area (Å²) in [5.41, 5.74) is 6.38. The van der Waals surface area contributed by atoms with Gasteiger partial charge in [0.05, 0.1) is 18.3 Å². The second kappa shape index (κ2) is 6.34. The van der Waals surface area contributed by atoms with Gasteiger partial charge in [-0.05, 0) is 12.8 Å². The first-order valence-electron chi connectivity index (χ1n) is 5.88. The van der Waals surface area contributed by atoms with Crippen LogP contribution in [0.25, 0.3) is 0 Å². The summed E-state index contributed by atoms with van der Waals surface area (Å²) < 4.78 is 6.92. The van der Waals surface area contributed by atoms with E-state index in [2.05, 4.69) is 10.3 Å². The predicted octanol–water partition coefficient (Wildman–Crippen LogP) is 0.927. The van der Waals surface area contributed by atoms with Crippen molar-refractivity contribution >= 4 is 5.91 Å². The Morgan fingerprint density at radius 2 is 2.24 bits per heavy atom. The van der Waals surface area contributed by atoms with E-state index in [1.54, 1.807) is 11.8 Å². The number of nitrogens with two attached hydrogens (primary N) is 1. The predicted molar refractivity (Wildman–Crippen MR) is 63.7 cm³/mol. The molecule has 6 heteroatoms. The number of nitrogens with zero attached hydrogens (tertiary/aromatic N) is 3. The van der Waals surface area contributed by atoms with Crippen molar-refractivity contribution in [1.29, 1.82) is 0 Å². The normalized spacial score (nSPS) is 12.6. The van der Waals surface area contributed by atoms with Crippen molar-refractivity contribution in [3.05, 3.63) is 11.4 Å². The summed E-state index contributed by atoms with van der Waals surface area (Å²) in [6.45, 7) is 4.64. The molecule has 0 aliphatic rings. The number of carbonyl (C=O) groups excluding carboxylic acids is 1. The maximum atomic E-state index is 11.3. The van der Waals surface area contributed by atoms with Gasteiger partial charge in [0.15, 0.2) is 5.69 Å². The highest BCUT2D eigenvalue weighted by Crippen LogP contribution is 2.17. The highest BCUT2D eigenvalue weighted by Gasteiger charge is 2.21. The Hall–Kier alpha value is -1.43. The Balaban J connectivity index is 3.09. The lowest BCUT2D eigenvalue weighted by Crippen LogP contribution is -2.20. The van der Waals surface area contributed by atoms with Crippen molar-refractivity contribution in [1.82, 2.24) is 15.0 Å². The fourth-order valence-electron chi connectivity index (χ4n) is 1.82. The molecule has 2 N–H and O–H groups in total. The molecule has 96 valence electrons. The van der Waals surface area contributed by atoms with Crippen LogP contribution in [0.3, 0.4) is 0 Å². The number of ether oxygens (including phenoxy) is 1. The number of methoxy groups -OCH3 is 1. The molecule has 1 unspecified atom stereocenters. The zero-order valence-electron chi connectivity index (χ0n) is 10.6. The third-order valence-corrected chi connectivity index (χ3v) is 2.69. The molecule has 1 amide bonds. The van der Waals surface area contributed by atoms with Gasteiger partial charge in [-0.3, -0.25) is 4.79 Å². The summed E-state index contributed by atoms with van der Waals surface area (Å²) in [7, 11) is 1.65. The molecule has 1 aromatic heterocycles. The summed E-state index contributed by atoms with van der Waals surface area (Å²) in [6.07, 6.45) is 2.52. The van der Waals surface area contributed by atoms with Crippen LogP contribution in [-0.2, 0) is 11.2 Å². The number of hydrogen-bond acceptors (Lipinski definition) is 4. The summed E-state index contributed by atoms with van der Waals surface area (Å²) >= 11 is 0. The van der Waals surface area contributed by atoms with Gasteiger partial charge < -0.3 is 10.5 Å². The van der Waals surface area contributed by atoms with E-state index in [-0.39, 0.29) is 11.7 Å². The SMILES string of the molecule is CCCc1c(C(N)=O)nnn1C(CC)COC. The minimum absolute atomic E-state index is 0.0992. The Labute approximate surface area is 101 Å². The number of amides is 1. The number of primary amides is 1. The second-order valence-corrected chi connectivity index (χ2v) is 3.96. The Morgan fingerprint density at radius 3 is 2.71 bits per heavy atom. The van der Waals surface area contributed by atoms with E-state index in [1.807, 2.05) is 13.8 Å². The van der Waals surface area contributed by atoms with Gasteiger partial charge in [-0.15, -0.1) is 5.10 Å². The monoisotopic (exact) mass is 240 g/mol. The quantitative estimate of drug-likeness (QED) is 0.768. The molecule has 0 aliphatic heterocycles. The van der Waals surface area contributed by atoms with Crippen LogP contribution in [-0.4, -0.2) is 34.6 Å². The molecule has 0 spiro atoms. The van der Waals surface area contributed by atoms with Crippen LogP contribution >= 0.6 is 0 Å². The van der Waals surface area contributed by atoms with Crippen LogP contribution in [0.15, 0.2) is 0 Å². The van der Waals surface area contributed by atoms with E-state index in [0.717, 1.165) is 25.0 Å². The average molecular weight is 240 g/mol. The van der Waals surface area contributed by atoms with Crippen molar-refractivity contribution in [2.24, 2.45) is 5.73 Å². The molecule has 6 nitrogen and oxygen atoms in total. The molecule has 0 bridgehead atoms. The van der Waals surface area contributed by atoms with E-state index in [1.165, 1.54) is 0 Å². The molecule has 1 heterocycles. The van der Waals surface area contributed by atoms with Gasteiger partial charge in [-0.25, -0.2) is 4.68 Å². The highest BCUT2D eigenvalue weighted by molar-refractivity contribution is 5.91. The van der Waals surface area contributed by atoms with Gasteiger partial charge in [0, 0.05) is 7.11 Å². The zero-order valence-corrected chi connectivity index (χ0v) is 10.6. The van der Waals surface area contributed by atoms with E-state index in [9.17, 15) is 4.79 Å². The second-order valence-electron chi connectivity index (χ2n) is 3.96. The maximum absolute atomic E-state index is 11.3. The number of hydrogen-bond donors (Lipinski definition) is 1. The van der Waals surface area contributed by atoms with Gasteiger partial charge >= 0.3 is 0 Å². The minimum atomic E-state index is -0.521. The van der Waals surface area contributed by atoms with Crippen molar-refractivity contribution in [2.75, 3.05) is 13.7 Å². The third kappa shape index (κ3) is 3.03. The van der Waals surface area contributed by atoms with Crippen LogP contribution in [0.1, 0.15) is 48.9 Å². The van der Waals surface area contributed by atoms with Crippen molar-refractivity contribution in [3.63, 3.8) is 0 Å². The summed E-state index contributed by atoms with van der Waals surface area (Å²) in [5, 5.41) is 7.90. The largest absolute Gasteiger partial charge is 0.382 e. The average Bonchev–Trinajstić information content (AvgIpc) is 2.70. The standard InChI is InChI=1S/C11H20N4O2/c1-4-6-9-10(11(12)16)13-14-15(9)8(5-2)7-17-3/h8H,4-7H2,1-3H3,(H2,12,16). The van der Waals surface area contributed by atoms with Crippen LogP contribution < -0.4 is 5.73 Å². The topological polar surface area (TPSA) is 83.0 Å². The van der Waals surface area contributed by atoms with Crippen LogP contribution in [0, 0.1) is 0 Å². The summed E-state index contributed by atoms with van der Waals surface area (Å²) in [5.74, 6) is -0.521. The Kier molecular flexibility index (Phi) is 5.09. The van der Waals surface area contributed by atoms with E-state index >= 15 is 0 Å². The fourth-order valence-corrected chi connectivity index (χ4v) is 1.82. The Bertz CT molecular complexity index is 376. The first-order valence-corrected chi connectivity index (χ1v) is 5.88. The molecule has 0 saturated heterocycles. The lowest BCUT2D eigenvalue weighted by molar-refractivity contribution is 0.0994. The molecule has 0 aromatic carbocycles. The molecule has 0 fully saturated rings. The minimum Gasteiger partial charge on any atom is -0.382 e. The molecular formula is C11H20N4O2. The van der Waals surface area contributed by atoms with Crippen molar-refractivity contribution < 1.29 is 9.53 Å².